The second-order valence-electron chi connectivity index (χ2n) is 3.86. The molecule has 19 heavy (non-hydrogen) atoms. The molecule has 0 spiro atoms. The van der Waals surface area contributed by atoms with Gasteiger partial charge >= 0.3 is 0 Å². The van der Waals surface area contributed by atoms with E-state index < -0.39 is 11.7 Å². The van der Waals surface area contributed by atoms with Gasteiger partial charge in [-0.3, -0.25) is 4.79 Å². The van der Waals surface area contributed by atoms with Crippen LogP contribution in [0.3, 0.4) is 0 Å². The maximum atomic E-state index is 13.5. The highest BCUT2D eigenvalue weighted by atomic mass is 79.9. The fourth-order valence-electron chi connectivity index (χ4n) is 1.51. The van der Waals surface area contributed by atoms with E-state index in [-0.39, 0.29) is 11.3 Å². The molecule has 2 rings (SSSR count). The monoisotopic (exact) mass is 324 g/mol. The summed E-state index contributed by atoms with van der Waals surface area (Å²) in [7, 11) is 0. The van der Waals surface area contributed by atoms with Crippen LogP contribution in [0, 0.1) is 5.82 Å². The minimum Gasteiger partial charge on any atom is -0.508 e. The number of rotatable bonds is 2. The number of nitrogen functional groups attached to an aromatic ring is 1. The lowest BCUT2D eigenvalue weighted by atomic mass is 10.2. The molecule has 0 aliphatic rings. The van der Waals surface area contributed by atoms with Gasteiger partial charge in [0.25, 0.3) is 5.91 Å². The molecule has 2 aromatic carbocycles. The molecule has 0 aliphatic heterocycles. The Hall–Kier alpha value is -2.08. The predicted octanol–water partition coefficient (Wildman–Crippen LogP) is 3.13. The van der Waals surface area contributed by atoms with Crippen molar-refractivity contribution in [1.82, 2.24) is 0 Å². The number of aromatic hydroxyl groups is 1. The van der Waals surface area contributed by atoms with Gasteiger partial charge in [-0.2, -0.15) is 0 Å². The Morgan fingerprint density at radius 2 is 2.00 bits per heavy atom. The van der Waals surface area contributed by atoms with Crippen molar-refractivity contribution >= 4 is 33.2 Å². The van der Waals surface area contributed by atoms with Crippen molar-refractivity contribution in [3.8, 4) is 5.75 Å². The number of nitrogens with two attached hydrogens (primary N) is 1. The number of carbonyl (C=O) groups is 1. The Balaban J connectivity index is 2.25. The molecule has 0 unspecified atom stereocenters. The first-order valence-electron chi connectivity index (χ1n) is 5.32. The Kier molecular flexibility index (Phi) is 3.71. The fraction of sp³-hybridized carbons (Fsp3) is 0. The topological polar surface area (TPSA) is 75.3 Å². The van der Waals surface area contributed by atoms with Gasteiger partial charge in [-0.05, 0) is 46.3 Å². The number of halogens is 2. The van der Waals surface area contributed by atoms with E-state index in [0.29, 0.717) is 15.8 Å². The van der Waals surface area contributed by atoms with Gasteiger partial charge in [0.05, 0.1) is 11.3 Å². The van der Waals surface area contributed by atoms with Crippen molar-refractivity contribution in [3.63, 3.8) is 0 Å². The molecular formula is C13H10BrFN2O2. The highest BCUT2D eigenvalue weighted by molar-refractivity contribution is 9.10. The molecule has 0 bridgehead atoms. The van der Waals surface area contributed by atoms with Crippen LogP contribution >= 0.6 is 15.9 Å². The van der Waals surface area contributed by atoms with Crippen molar-refractivity contribution in [2.24, 2.45) is 0 Å². The molecule has 0 aliphatic carbocycles. The molecule has 0 saturated carbocycles. The average molecular weight is 325 g/mol. The minimum absolute atomic E-state index is 0.151. The highest BCUT2D eigenvalue weighted by Gasteiger charge is 2.13. The lowest BCUT2D eigenvalue weighted by molar-refractivity contribution is 0.102. The number of hydrogen-bond donors (Lipinski definition) is 3. The van der Waals surface area contributed by atoms with Crippen LogP contribution in [0.15, 0.2) is 40.9 Å². The summed E-state index contributed by atoms with van der Waals surface area (Å²) in [6, 6.07) is 8.19. The summed E-state index contributed by atoms with van der Waals surface area (Å²) in [5.74, 6) is -1.63. The summed E-state index contributed by atoms with van der Waals surface area (Å²) in [5, 5.41) is 11.6. The van der Waals surface area contributed by atoms with Crippen LogP contribution in [0.2, 0.25) is 0 Å². The van der Waals surface area contributed by atoms with Crippen molar-refractivity contribution in [2.75, 3.05) is 11.1 Å². The van der Waals surface area contributed by atoms with E-state index in [0.717, 1.165) is 6.07 Å². The number of nitrogens with one attached hydrogen (secondary N) is 1. The van der Waals surface area contributed by atoms with E-state index in [9.17, 15) is 9.18 Å². The van der Waals surface area contributed by atoms with Crippen molar-refractivity contribution in [2.45, 2.75) is 0 Å². The van der Waals surface area contributed by atoms with Crippen LogP contribution < -0.4 is 11.1 Å². The predicted molar refractivity (Wildman–Crippen MR) is 74.6 cm³/mol. The van der Waals surface area contributed by atoms with Gasteiger partial charge in [0.15, 0.2) is 0 Å². The summed E-state index contributed by atoms with van der Waals surface area (Å²) >= 11 is 3.25. The van der Waals surface area contributed by atoms with Gasteiger partial charge in [0.2, 0.25) is 0 Å². The van der Waals surface area contributed by atoms with Crippen LogP contribution in [0.4, 0.5) is 15.8 Å². The van der Waals surface area contributed by atoms with Crippen LogP contribution in [0.1, 0.15) is 10.4 Å². The van der Waals surface area contributed by atoms with Crippen molar-refractivity contribution < 1.29 is 14.3 Å². The normalized spacial score (nSPS) is 10.2. The van der Waals surface area contributed by atoms with Gasteiger partial charge < -0.3 is 16.2 Å². The summed E-state index contributed by atoms with van der Waals surface area (Å²) in [6.07, 6.45) is 0. The third kappa shape index (κ3) is 3.03. The zero-order valence-corrected chi connectivity index (χ0v) is 11.2. The Morgan fingerprint density at radius 1 is 1.26 bits per heavy atom. The smallest absolute Gasteiger partial charge is 0.258 e. The van der Waals surface area contributed by atoms with Gasteiger partial charge in [0.1, 0.15) is 11.6 Å². The largest absolute Gasteiger partial charge is 0.508 e. The van der Waals surface area contributed by atoms with E-state index in [1.54, 1.807) is 18.2 Å². The zero-order chi connectivity index (χ0) is 14.0. The van der Waals surface area contributed by atoms with Crippen molar-refractivity contribution in [1.29, 1.82) is 0 Å². The van der Waals surface area contributed by atoms with Gasteiger partial charge in [-0.15, -0.1) is 0 Å². The average Bonchev–Trinajstić information content (AvgIpc) is 2.32. The molecule has 4 nitrogen and oxygen atoms in total. The number of phenolic OH excluding ortho intramolecular Hbond substituents is 1. The Labute approximate surface area is 117 Å². The Morgan fingerprint density at radius 3 is 2.63 bits per heavy atom. The molecule has 0 saturated heterocycles. The number of anilines is 2. The lowest BCUT2D eigenvalue weighted by Crippen LogP contribution is -2.14. The van der Waals surface area contributed by atoms with Gasteiger partial charge in [-0.25, -0.2) is 4.39 Å². The van der Waals surface area contributed by atoms with E-state index in [1.165, 1.54) is 12.1 Å². The summed E-state index contributed by atoms with van der Waals surface area (Å²) < 4.78 is 14.1. The van der Waals surface area contributed by atoms with Gasteiger partial charge in [0, 0.05) is 16.2 Å². The molecule has 4 N–H and O–H groups in total. The Bertz CT molecular complexity index is 647. The molecule has 1 amide bonds. The number of benzene rings is 2. The summed E-state index contributed by atoms with van der Waals surface area (Å²) in [6.45, 7) is 0. The van der Waals surface area contributed by atoms with Crippen LogP contribution in [0.5, 0.6) is 5.75 Å². The summed E-state index contributed by atoms with van der Waals surface area (Å²) in [5.41, 5.74) is 6.45. The quantitative estimate of drug-likeness (QED) is 0.743. The third-order valence-corrected chi connectivity index (χ3v) is 3.09. The molecule has 0 aromatic heterocycles. The van der Waals surface area contributed by atoms with E-state index in [2.05, 4.69) is 21.2 Å². The number of carbonyl (C=O) groups excluding carboxylic acids is 1. The molecule has 0 radical (unpaired) electrons. The second-order valence-corrected chi connectivity index (χ2v) is 4.71. The zero-order valence-electron chi connectivity index (χ0n) is 9.65. The molecule has 0 fully saturated rings. The SMILES string of the molecule is Nc1ccc(NC(=O)c2ccc(O)cc2F)c(Br)c1. The maximum Gasteiger partial charge on any atom is 0.258 e. The van der Waals surface area contributed by atoms with Gasteiger partial charge in [-0.1, -0.05) is 0 Å². The van der Waals surface area contributed by atoms with E-state index in [4.69, 9.17) is 10.8 Å². The first-order valence-corrected chi connectivity index (χ1v) is 6.11. The number of amides is 1. The molecule has 2 aromatic rings. The number of hydrogen-bond acceptors (Lipinski definition) is 3. The van der Waals surface area contributed by atoms with Crippen LogP contribution in [-0.4, -0.2) is 11.0 Å². The third-order valence-electron chi connectivity index (χ3n) is 2.44. The van der Waals surface area contributed by atoms with Crippen LogP contribution in [0.25, 0.3) is 0 Å². The second kappa shape index (κ2) is 5.27. The van der Waals surface area contributed by atoms with Crippen molar-refractivity contribution in [3.05, 3.63) is 52.3 Å². The molecule has 6 heteroatoms. The van der Waals surface area contributed by atoms with E-state index >= 15 is 0 Å². The van der Waals surface area contributed by atoms with E-state index in [1.807, 2.05) is 0 Å². The highest BCUT2D eigenvalue weighted by Crippen LogP contribution is 2.25. The number of phenols is 1. The fourth-order valence-corrected chi connectivity index (χ4v) is 2.01. The molecule has 0 heterocycles. The summed E-state index contributed by atoms with van der Waals surface area (Å²) in [4.78, 5) is 11.9. The molecule has 98 valence electrons. The lowest BCUT2D eigenvalue weighted by Gasteiger charge is -2.08. The minimum atomic E-state index is -0.788. The first-order chi connectivity index (χ1) is 8.97. The standard InChI is InChI=1S/C13H10BrFN2O2/c14-10-5-7(16)1-4-12(10)17-13(19)9-3-2-8(18)6-11(9)15/h1-6,18H,16H2,(H,17,19). The van der Waals surface area contributed by atoms with Crippen LogP contribution in [-0.2, 0) is 0 Å². The maximum absolute atomic E-state index is 13.5. The molecule has 0 atom stereocenters. The molecular weight excluding hydrogens is 315 g/mol. The first kappa shape index (κ1) is 13.4.